The summed E-state index contributed by atoms with van der Waals surface area (Å²) in [5.41, 5.74) is 1.50. The fourth-order valence-corrected chi connectivity index (χ4v) is 5.28. The number of sulfone groups is 1. The fourth-order valence-electron chi connectivity index (χ4n) is 2.95. The Morgan fingerprint density at radius 2 is 1.68 bits per heavy atom. The molecule has 1 aliphatic rings. The van der Waals surface area contributed by atoms with E-state index in [9.17, 15) is 13.2 Å². The van der Waals surface area contributed by atoms with E-state index < -0.39 is 15.6 Å². The Hall–Kier alpha value is -1.73. The van der Waals surface area contributed by atoms with E-state index in [1.165, 1.54) is 6.42 Å². The summed E-state index contributed by atoms with van der Waals surface area (Å²) in [6.45, 7) is 1.31. The number of carbonyl (C=O) groups is 1. The first-order valence-corrected chi connectivity index (χ1v) is 11.1. The summed E-state index contributed by atoms with van der Waals surface area (Å²) < 4.78 is 25.2. The Morgan fingerprint density at radius 1 is 1.04 bits per heavy atom. The minimum atomic E-state index is -3.70. The van der Waals surface area contributed by atoms with Crippen LogP contribution in [-0.4, -0.2) is 43.1 Å². The van der Waals surface area contributed by atoms with Gasteiger partial charge in [-0.15, -0.1) is 11.3 Å². The van der Waals surface area contributed by atoms with Gasteiger partial charge in [0.25, 0.3) is 0 Å². The Labute approximate surface area is 152 Å². The molecular formula is C18H22N2O3S2. The second kappa shape index (κ2) is 8.10. The van der Waals surface area contributed by atoms with Crippen molar-refractivity contribution in [2.75, 3.05) is 18.8 Å². The second-order valence-corrected chi connectivity index (χ2v) is 9.29. The molecule has 0 radical (unpaired) electrons. The minimum absolute atomic E-state index is 0.0201. The van der Waals surface area contributed by atoms with Gasteiger partial charge in [-0.2, -0.15) is 0 Å². The van der Waals surface area contributed by atoms with E-state index in [-0.39, 0.29) is 10.2 Å². The average molecular weight is 379 g/mol. The van der Waals surface area contributed by atoms with Crippen molar-refractivity contribution in [1.29, 1.82) is 0 Å². The monoisotopic (exact) mass is 378 g/mol. The molecule has 0 spiro atoms. The van der Waals surface area contributed by atoms with Crippen molar-refractivity contribution >= 4 is 27.1 Å². The molecule has 1 saturated heterocycles. The third kappa shape index (κ3) is 4.67. The summed E-state index contributed by atoms with van der Waals surface area (Å²) in [5.74, 6) is -0.798. The largest absolute Gasteiger partial charge is 0.342 e. The predicted octanol–water partition coefficient (Wildman–Crippen LogP) is 3.38. The fraction of sp³-hybridized carbons (Fsp3) is 0.444. The smallest absolute Gasteiger partial charge is 0.238 e. The van der Waals surface area contributed by atoms with Gasteiger partial charge >= 0.3 is 0 Å². The van der Waals surface area contributed by atoms with Gasteiger partial charge in [0.2, 0.25) is 20.1 Å². The molecule has 25 heavy (non-hydrogen) atoms. The van der Waals surface area contributed by atoms with E-state index in [1.54, 1.807) is 10.3 Å². The van der Waals surface area contributed by atoms with Crippen molar-refractivity contribution in [2.24, 2.45) is 0 Å². The number of likely N-dealkylation sites (tertiary alicyclic amines) is 1. The molecule has 5 nitrogen and oxygen atoms in total. The quantitative estimate of drug-likeness (QED) is 0.818. The van der Waals surface area contributed by atoms with Crippen LogP contribution < -0.4 is 0 Å². The molecule has 1 aliphatic heterocycles. The molecule has 0 atom stereocenters. The van der Waals surface area contributed by atoms with Crippen molar-refractivity contribution in [3.05, 3.63) is 35.7 Å². The van der Waals surface area contributed by atoms with Gasteiger partial charge in [-0.05, 0) is 12.8 Å². The molecule has 1 aromatic heterocycles. The molecule has 7 heteroatoms. The van der Waals surface area contributed by atoms with Crippen molar-refractivity contribution in [2.45, 2.75) is 36.4 Å². The summed E-state index contributed by atoms with van der Waals surface area (Å²) in [7, 11) is -3.70. The molecule has 0 saturated carbocycles. The lowest BCUT2D eigenvalue weighted by molar-refractivity contribution is -0.128. The Balaban J connectivity index is 1.71. The highest BCUT2D eigenvalue weighted by Gasteiger charge is 2.26. The van der Waals surface area contributed by atoms with E-state index in [0.717, 1.165) is 42.6 Å². The number of nitrogens with zero attached hydrogens (tertiary/aromatic N) is 2. The van der Waals surface area contributed by atoms with Crippen LogP contribution >= 0.6 is 11.3 Å². The van der Waals surface area contributed by atoms with Gasteiger partial charge < -0.3 is 4.90 Å². The molecule has 1 aromatic carbocycles. The number of hydrogen-bond donors (Lipinski definition) is 0. The predicted molar refractivity (Wildman–Crippen MR) is 99.3 cm³/mol. The Morgan fingerprint density at radius 3 is 2.36 bits per heavy atom. The highest BCUT2D eigenvalue weighted by molar-refractivity contribution is 7.94. The second-order valence-electron chi connectivity index (χ2n) is 6.27. The van der Waals surface area contributed by atoms with Crippen LogP contribution in [0.4, 0.5) is 0 Å². The zero-order valence-electron chi connectivity index (χ0n) is 14.1. The van der Waals surface area contributed by atoms with E-state index in [4.69, 9.17) is 0 Å². The van der Waals surface area contributed by atoms with Crippen LogP contribution in [0.1, 0.15) is 32.1 Å². The topological polar surface area (TPSA) is 67.3 Å². The third-order valence-electron chi connectivity index (χ3n) is 4.34. The van der Waals surface area contributed by atoms with Crippen LogP contribution in [0, 0.1) is 0 Å². The van der Waals surface area contributed by atoms with Crippen molar-refractivity contribution in [1.82, 2.24) is 9.88 Å². The van der Waals surface area contributed by atoms with E-state index in [1.807, 2.05) is 30.3 Å². The molecule has 2 heterocycles. The summed E-state index contributed by atoms with van der Waals surface area (Å²) in [6, 6.07) is 9.44. The highest BCUT2D eigenvalue weighted by Crippen LogP contribution is 2.25. The molecule has 0 aliphatic carbocycles. The molecule has 0 N–H and O–H groups in total. The standard InChI is InChI=1S/C18H22N2O3S2/c21-17(20-11-7-2-1-3-8-12-20)14-25(22,23)18-19-16(13-24-18)15-9-5-4-6-10-15/h4-6,9-10,13H,1-3,7-8,11-12,14H2. The molecule has 0 unspecified atom stereocenters. The highest BCUT2D eigenvalue weighted by atomic mass is 32.2. The first kappa shape index (κ1) is 18.1. The molecule has 2 aromatic rings. The zero-order chi connectivity index (χ0) is 17.7. The number of carbonyl (C=O) groups excluding carboxylic acids is 1. The number of aromatic nitrogens is 1. The number of thiazole rings is 1. The van der Waals surface area contributed by atoms with E-state index >= 15 is 0 Å². The van der Waals surface area contributed by atoms with Crippen LogP contribution in [0.3, 0.4) is 0 Å². The van der Waals surface area contributed by atoms with Crippen LogP contribution in [0.15, 0.2) is 40.1 Å². The molecule has 134 valence electrons. The van der Waals surface area contributed by atoms with Gasteiger partial charge in [0.1, 0.15) is 5.75 Å². The molecular weight excluding hydrogens is 356 g/mol. The van der Waals surface area contributed by atoms with Gasteiger partial charge in [-0.1, -0.05) is 49.6 Å². The number of amides is 1. The van der Waals surface area contributed by atoms with Gasteiger partial charge in [0.05, 0.1) is 5.69 Å². The van der Waals surface area contributed by atoms with Crippen LogP contribution in [0.5, 0.6) is 0 Å². The normalized spacial score (nSPS) is 16.2. The van der Waals surface area contributed by atoms with E-state index in [0.29, 0.717) is 18.8 Å². The zero-order valence-corrected chi connectivity index (χ0v) is 15.7. The van der Waals surface area contributed by atoms with Gasteiger partial charge in [0, 0.05) is 24.0 Å². The maximum atomic E-state index is 12.6. The maximum Gasteiger partial charge on any atom is 0.238 e. The van der Waals surface area contributed by atoms with Crippen LogP contribution in [-0.2, 0) is 14.6 Å². The van der Waals surface area contributed by atoms with Gasteiger partial charge in [0.15, 0.2) is 0 Å². The van der Waals surface area contributed by atoms with Crippen molar-refractivity contribution < 1.29 is 13.2 Å². The van der Waals surface area contributed by atoms with Crippen molar-refractivity contribution in [3.8, 4) is 11.3 Å². The average Bonchev–Trinajstić information content (AvgIpc) is 3.06. The minimum Gasteiger partial charge on any atom is -0.342 e. The summed E-state index contributed by atoms with van der Waals surface area (Å²) >= 11 is 1.08. The van der Waals surface area contributed by atoms with Gasteiger partial charge in [-0.3, -0.25) is 4.79 Å². The number of benzene rings is 1. The molecule has 1 amide bonds. The first-order valence-electron chi connectivity index (χ1n) is 8.58. The summed E-state index contributed by atoms with van der Waals surface area (Å²) in [6.07, 6.45) is 5.29. The summed E-state index contributed by atoms with van der Waals surface area (Å²) in [5, 5.41) is 1.72. The van der Waals surface area contributed by atoms with Gasteiger partial charge in [-0.25, -0.2) is 13.4 Å². The molecule has 0 bridgehead atoms. The third-order valence-corrected chi connectivity index (χ3v) is 7.28. The number of hydrogen-bond acceptors (Lipinski definition) is 5. The lowest BCUT2D eigenvalue weighted by Gasteiger charge is -2.24. The first-order chi connectivity index (χ1) is 12.1. The van der Waals surface area contributed by atoms with Crippen molar-refractivity contribution in [3.63, 3.8) is 0 Å². The SMILES string of the molecule is O=C(CS(=O)(=O)c1nc(-c2ccccc2)cs1)N1CCCCCCC1. The Kier molecular flexibility index (Phi) is 5.86. The molecule has 1 fully saturated rings. The lowest BCUT2D eigenvalue weighted by atomic mass is 10.1. The van der Waals surface area contributed by atoms with Crippen LogP contribution in [0.2, 0.25) is 0 Å². The lowest BCUT2D eigenvalue weighted by Crippen LogP contribution is -2.37. The molecule has 3 rings (SSSR count). The maximum absolute atomic E-state index is 12.6. The number of rotatable bonds is 4. The van der Waals surface area contributed by atoms with Crippen LogP contribution in [0.25, 0.3) is 11.3 Å². The van der Waals surface area contributed by atoms with E-state index in [2.05, 4.69) is 4.98 Å². The Bertz CT molecular complexity index is 808. The summed E-state index contributed by atoms with van der Waals surface area (Å²) in [4.78, 5) is 18.4.